The Labute approximate surface area is 185 Å². The van der Waals surface area contributed by atoms with Gasteiger partial charge in [-0.1, -0.05) is 106 Å². The van der Waals surface area contributed by atoms with Crippen LogP contribution in [-0.4, -0.2) is 17.7 Å². The summed E-state index contributed by atoms with van der Waals surface area (Å²) in [5, 5.41) is 10.8. The van der Waals surface area contributed by atoms with Crippen molar-refractivity contribution in [3.05, 3.63) is 28.8 Å². The standard InChI is InChI=1S/C27H46O3/c1-20(2)15-13-11-9-10-12-14-16-30-24(28)19-21-17-22(26(3,4)5)25(29)23(18-21)27(6,7)8/h17-18,20,29H,9-16,19H2,1-8H3. The number of aromatic hydroxyl groups is 1. The first-order chi connectivity index (χ1) is 13.8. The molecule has 1 aromatic carbocycles. The summed E-state index contributed by atoms with van der Waals surface area (Å²) in [6.07, 6.45) is 8.77. The number of phenols is 1. The number of hydrogen-bond donors (Lipinski definition) is 1. The fourth-order valence-electron chi connectivity index (χ4n) is 3.71. The van der Waals surface area contributed by atoms with E-state index in [-0.39, 0.29) is 23.2 Å². The molecule has 0 fully saturated rings. The fraction of sp³-hybridized carbons (Fsp3) is 0.741. The van der Waals surface area contributed by atoms with Crippen molar-refractivity contribution in [3.63, 3.8) is 0 Å². The van der Waals surface area contributed by atoms with Crippen LogP contribution in [0.1, 0.15) is 117 Å². The smallest absolute Gasteiger partial charge is 0.310 e. The number of rotatable bonds is 11. The van der Waals surface area contributed by atoms with Crippen LogP contribution in [0.2, 0.25) is 0 Å². The van der Waals surface area contributed by atoms with Crippen LogP contribution in [-0.2, 0) is 26.8 Å². The van der Waals surface area contributed by atoms with E-state index < -0.39 is 0 Å². The van der Waals surface area contributed by atoms with Gasteiger partial charge in [0.15, 0.2) is 0 Å². The molecular weight excluding hydrogens is 372 g/mol. The highest BCUT2D eigenvalue weighted by Crippen LogP contribution is 2.39. The molecule has 0 bridgehead atoms. The van der Waals surface area contributed by atoms with Gasteiger partial charge in [-0.2, -0.15) is 0 Å². The van der Waals surface area contributed by atoms with E-state index in [4.69, 9.17) is 4.74 Å². The number of benzene rings is 1. The van der Waals surface area contributed by atoms with Crippen molar-refractivity contribution >= 4 is 5.97 Å². The van der Waals surface area contributed by atoms with E-state index >= 15 is 0 Å². The summed E-state index contributed by atoms with van der Waals surface area (Å²) < 4.78 is 5.48. The monoisotopic (exact) mass is 418 g/mol. The molecule has 0 saturated carbocycles. The molecule has 0 aromatic heterocycles. The van der Waals surface area contributed by atoms with Crippen molar-refractivity contribution in [2.24, 2.45) is 5.92 Å². The van der Waals surface area contributed by atoms with Crippen LogP contribution in [0.4, 0.5) is 0 Å². The fourth-order valence-corrected chi connectivity index (χ4v) is 3.71. The summed E-state index contributed by atoms with van der Waals surface area (Å²) in [6.45, 7) is 17.6. The maximum Gasteiger partial charge on any atom is 0.310 e. The van der Waals surface area contributed by atoms with Gasteiger partial charge < -0.3 is 9.84 Å². The summed E-state index contributed by atoms with van der Waals surface area (Å²) in [7, 11) is 0. The first-order valence-electron chi connectivity index (χ1n) is 11.8. The summed E-state index contributed by atoms with van der Waals surface area (Å²) in [4.78, 5) is 12.4. The Morgan fingerprint density at radius 3 is 1.80 bits per heavy atom. The van der Waals surface area contributed by atoms with Crippen molar-refractivity contribution in [1.82, 2.24) is 0 Å². The molecule has 172 valence electrons. The Morgan fingerprint density at radius 1 is 0.867 bits per heavy atom. The van der Waals surface area contributed by atoms with Crippen LogP contribution in [0.15, 0.2) is 12.1 Å². The third-order valence-corrected chi connectivity index (χ3v) is 5.57. The number of carbonyl (C=O) groups is 1. The second-order valence-electron chi connectivity index (χ2n) is 11.2. The molecule has 0 saturated heterocycles. The van der Waals surface area contributed by atoms with Crippen LogP contribution >= 0.6 is 0 Å². The molecule has 0 spiro atoms. The van der Waals surface area contributed by atoms with Gasteiger partial charge in [0.25, 0.3) is 0 Å². The minimum atomic E-state index is -0.195. The summed E-state index contributed by atoms with van der Waals surface area (Å²) >= 11 is 0. The zero-order chi connectivity index (χ0) is 22.9. The van der Waals surface area contributed by atoms with E-state index in [0.29, 0.717) is 12.4 Å². The van der Waals surface area contributed by atoms with Crippen LogP contribution in [0.3, 0.4) is 0 Å². The highest BCUT2D eigenvalue weighted by atomic mass is 16.5. The van der Waals surface area contributed by atoms with Crippen molar-refractivity contribution in [1.29, 1.82) is 0 Å². The van der Waals surface area contributed by atoms with Gasteiger partial charge in [-0.05, 0) is 39.9 Å². The Morgan fingerprint density at radius 2 is 1.33 bits per heavy atom. The molecule has 0 unspecified atom stereocenters. The van der Waals surface area contributed by atoms with E-state index in [1.54, 1.807) is 0 Å². The number of carbonyl (C=O) groups excluding carboxylic acids is 1. The van der Waals surface area contributed by atoms with Gasteiger partial charge in [-0.25, -0.2) is 0 Å². The van der Waals surface area contributed by atoms with Gasteiger partial charge in [0.1, 0.15) is 5.75 Å². The maximum absolute atomic E-state index is 12.4. The molecule has 1 aromatic rings. The number of hydrogen-bond acceptors (Lipinski definition) is 3. The molecule has 0 amide bonds. The summed E-state index contributed by atoms with van der Waals surface area (Å²) in [5.74, 6) is 0.967. The van der Waals surface area contributed by atoms with Crippen molar-refractivity contribution < 1.29 is 14.6 Å². The lowest BCUT2D eigenvalue weighted by molar-refractivity contribution is -0.142. The number of esters is 1. The van der Waals surface area contributed by atoms with Crippen molar-refractivity contribution in [2.75, 3.05) is 6.61 Å². The lowest BCUT2D eigenvalue weighted by Crippen LogP contribution is -2.19. The topological polar surface area (TPSA) is 46.5 Å². The minimum absolute atomic E-state index is 0.183. The zero-order valence-electron chi connectivity index (χ0n) is 20.9. The summed E-state index contributed by atoms with van der Waals surface area (Å²) in [6, 6.07) is 3.92. The molecule has 3 nitrogen and oxygen atoms in total. The van der Waals surface area contributed by atoms with Gasteiger partial charge in [0.05, 0.1) is 13.0 Å². The first kappa shape index (κ1) is 26.5. The molecule has 1 rings (SSSR count). The molecule has 3 heteroatoms. The Bertz CT molecular complexity index is 625. The van der Waals surface area contributed by atoms with Gasteiger partial charge in [-0.3, -0.25) is 4.79 Å². The third-order valence-electron chi connectivity index (χ3n) is 5.57. The Hall–Kier alpha value is -1.51. The summed E-state index contributed by atoms with van der Waals surface area (Å²) in [5.41, 5.74) is 2.29. The normalized spacial score (nSPS) is 12.4. The maximum atomic E-state index is 12.4. The molecule has 0 aliphatic rings. The highest BCUT2D eigenvalue weighted by molar-refractivity contribution is 5.73. The molecule has 0 radical (unpaired) electrons. The molecule has 0 aliphatic carbocycles. The molecule has 30 heavy (non-hydrogen) atoms. The molecule has 0 aliphatic heterocycles. The molecule has 1 N–H and O–H groups in total. The van der Waals surface area contributed by atoms with Crippen LogP contribution in [0.5, 0.6) is 5.75 Å². The largest absolute Gasteiger partial charge is 0.507 e. The molecular formula is C27H46O3. The van der Waals surface area contributed by atoms with Gasteiger partial charge >= 0.3 is 5.97 Å². The van der Waals surface area contributed by atoms with Gasteiger partial charge in [0, 0.05) is 0 Å². The first-order valence-corrected chi connectivity index (χ1v) is 11.8. The van der Waals surface area contributed by atoms with Gasteiger partial charge in [-0.15, -0.1) is 0 Å². The SMILES string of the molecule is CC(C)CCCCCCCCOC(=O)Cc1cc(C(C)(C)C)c(O)c(C(C)(C)C)c1. The number of unbranched alkanes of at least 4 members (excludes halogenated alkanes) is 5. The predicted molar refractivity (Wildman–Crippen MR) is 127 cm³/mol. The second kappa shape index (κ2) is 11.8. The van der Waals surface area contributed by atoms with Crippen LogP contribution in [0.25, 0.3) is 0 Å². The Kier molecular flexibility index (Phi) is 10.4. The minimum Gasteiger partial charge on any atom is -0.507 e. The third kappa shape index (κ3) is 9.53. The van der Waals surface area contributed by atoms with E-state index in [0.717, 1.165) is 35.4 Å². The highest BCUT2D eigenvalue weighted by Gasteiger charge is 2.27. The average Bonchev–Trinajstić information content (AvgIpc) is 2.59. The van der Waals surface area contributed by atoms with Crippen LogP contribution < -0.4 is 0 Å². The quantitative estimate of drug-likeness (QED) is 0.300. The van der Waals surface area contributed by atoms with E-state index in [9.17, 15) is 9.90 Å². The van der Waals surface area contributed by atoms with Gasteiger partial charge in [0.2, 0.25) is 0 Å². The van der Waals surface area contributed by atoms with E-state index in [1.807, 2.05) is 12.1 Å². The second-order valence-corrected chi connectivity index (χ2v) is 11.2. The van der Waals surface area contributed by atoms with Crippen molar-refractivity contribution in [2.45, 2.75) is 118 Å². The predicted octanol–water partition coefficient (Wildman–Crippen LogP) is 7.46. The average molecular weight is 419 g/mol. The Balaban J connectivity index is 2.53. The number of phenolic OH excluding ortho intramolecular Hbond substituents is 1. The molecule has 0 atom stereocenters. The lowest BCUT2D eigenvalue weighted by atomic mass is 9.78. The van der Waals surface area contributed by atoms with Crippen molar-refractivity contribution in [3.8, 4) is 5.75 Å². The van der Waals surface area contributed by atoms with Crippen LogP contribution in [0, 0.1) is 5.92 Å². The lowest BCUT2D eigenvalue weighted by Gasteiger charge is -2.28. The zero-order valence-corrected chi connectivity index (χ0v) is 20.9. The van der Waals surface area contributed by atoms with E-state index in [2.05, 4.69) is 55.4 Å². The molecule has 0 heterocycles. The number of ether oxygens (including phenoxy) is 1. The van der Waals surface area contributed by atoms with E-state index in [1.165, 1.54) is 32.1 Å².